The van der Waals surface area contributed by atoms with Crippen LogP contribution in [0.5, 0.6) is 0 Å². The molecule has 1 aromatic carbocycles. The zero-order chi connectivity index (χ0) is 24.1. The summed E-state index contributed by atoms with van der Waals surface area (Å²) < 4.78 is 5.51. The first-order valence-corrected chi connectivity index (χ1v) is 13.9. The fraction of sp³-hybridized carbons (Fsp3) is 0.759. The van der Waals surface area contributed by atoms with Crippen molar-refractivity contribution in [1.29, 1.82) is 0 Å². The van der Waals surface area contributed by atoms with Gasteiger partial charge in [-0.25, -0.2) is 0 Å². The van der Waals surface area contributed by atoms with Gasteiger partial charge in [0, 0.05) is 24.7 Å². The van der Waals surface area contributed by atoms with E-state index in [1.165, 1.54) is 51.4 Å². The Labute approximate surface area is 210 Å². The molecule has 5 rings (SSSR count). The van der Waals surface area contributed by atoms with Crippen molar-refractivity contribution < 1.29 is 9.53 Å². The first kappa shape index (κ1) is 24.4. The third-order valence-electron chi connectivity index (χ3n) is 11.0. The standard InChI is InChI=1S/C29H43ClN2O2/c1-28-12-10-18(17-34-3)14-19(28)4-6-21-22-7-8-24(29(22,2)13-11-23(21)28)27(33)16-32-26-15-20(30)5-9-25(26)31/h5,9,15,18-19,21-24,32H,4,6-8,10-14,16-17,31H2,1-3H3. The molecule has 4 fully saturated rings. The van der Waals surface area contributed by atoms with Crippen LogP contribution in [-0.4, -0.2) is 26.0 Å². The van der Waals surface area contributed by atoms with Gasteiger partial charge in [-0.2, -0.15) is 0 Å². The molecule has 0 aromatic heterocycles. The van der Waals surface area contributed by atoms with Crippen molar-refractivity contribution in [3.8, 4) is 0 Å². The Hall–Kier alpha value is -1.26. The summed E-state index contributed by atoms with van der Waals surface area (Å²) >= 11 is 6.13. The van der Waals surface area contributed by atoms with Crippen LogP contribution in [0.15, 0.2) is 18.2 Å². The van der Waals surface area contributed by atoms with Gasteiger partial charge >= 0.3 is 0 Å². The number of anilines is 2. The van der Waals surface area contributed by atoms with Crippen LogP contribution < -0.4 is 11.1 Å². The van der Waals surface area contributed by atoms with E-state index in [9.17, 15) is 4.79 Å². The predicted octanol–water partition coefficient (Wildman–Crippen LogP) is 6.82. The van der Waals surface area contributed by atoms with Crippen molar-refractivity contribution in [2.75, 3.05) is 31.3 Å². The van der Waals surface area contributed by atoms with Crippen LogP contribution in [0.25, 0.3) is 0 Å². The first-order valence-electron chi connectivity index (χ1n) is 13.6. The van der Waals surface area contributed by atoms with Gasteiger partial charge in [0.05, 0.1) is 17.9 Å². The lowest BCUT2D eigenvalue weighted by Crippen LogP contribution is -2.54. The number of ether oxygens (including phenoxy) is 1. The SMILES string of the molecule is COCC1CCC2(C)C(CCC3C2CCC2(C)C(C(=O)CNc4cc(Cl)ccc4N)CCC32)C1. The summed E-state index contributed by atoms with van der Waals surface area (Å²) in [6.45, 7) is 6.34. The highest BCUT2D eigenvalue weighted by Crippen LogP contribution is 2.67. The van der Waals surface area contributed by atoms with Crippen molar-refractivity contribution in [3.05, 3.63) is 23.2 Å². The molecule has 188 valence electrons. The lowest BCUT2D eigenvalue weighted by molar-refractivity contribution is -0.136. The van der Waals surface area contributed by atoms with E-state index in [0.29, 0.717) is 34.4 Å². The first-order chi connectivity index (χ1) is 16.3. The second-order valence-corrected chi connectivity index (χ2v) is 12.9. The summed E-state index contributed by atoms with van der Waals surface area (Å²) in [6, 6.07) is 5.39. The molecule has 8 unspecified atom stereocenters. The van der Waals surface area contributed by atoms with E-state index in [-0.39, 0.29) is 11.3 Å². The van der Waals surface area contributed by atoms with Gasteiger partial charge in [0.1, 0.15) is 0 Å². The van der Waals surface area contributed by atoms with Crippen molar-refractivity contribution in [2.24, 2.45) is 46.3 Å². The topological polar surface area (TPSA) is 64.3 Å². The minimum absolute atomic E-state index is 0.149. The summed E-state index contributed by atoms with van der Waals surface area (Å²) in [6.07, 6.45) is 11.6. The zero-order valence-corrected chi connectivity index (χ0v) is 22.0. The zero-order valence-electron chi connectivity index (χ0n) is 21.2. The molecular weight excluding hydrogens is 444 g/mol. The summed E-state index contributed by atoms with van der Waals surface area (Å²) in [5, 5.41) is 3.92. The minimum atomic E-state index is 0.149. The van der Waals surface area contributed by atoms with Crippen LogP contribution in [0, 0.1) is 46.3 Å². The number of ketones is 1. The van der Waals surface area contributed by atoms with E-state index in [2.05, 4.69) is 19.2 Å². The Morgan fingerprint density at radius 1 is 1.09 bits per heavy atom. The number of nitrogens with one attached hydrogen (secondary N) is 1. The monoisotopic (exact) mass is 486 g/mol. The lowest BCUT2D eigenvalue weighted by atomic mass is 9.44. The van der Waals surface area contributed by atoms with Crippen LogP contribution in [0.3, 0.4) is 0 Å². The highest BCUT2D eigenvalue weighted by molar-refractivity contribution is 6.31. The van der Waals surface area contributed by atoms with Gasteiger partial charge < -0.3 is 15.8 Å². The van der Waals surface area contributed by atoms with E-state index in [4.69, 9.17) is 22.1 Å². The Balaban J connectivity index is 1.27. The molecule has 4 aliphatic carbocycles. The third-order valence-corrected chi connectivity index (χ3v) is 11.3. The van der Waals surface area contributed by atoms with Crippen LogP contribution in [0.1, 0.15) is 71.6 Å². The summed E-state index contributed by atoms with van der Waals surface area (Å²) in [4.78, 5) is 13.5. The molecular formula is C29H43ClN2O2. The molecule has 5 heteroatoms. The van der Waals surface area contributed by atoms with Crippen molar-refractivity contribution >= 4 is 28.8 Å². The maximum absolute atomic E-state index is 13.5. The van der Waals surface area contributed by atoms with Gasteiger partial charge in [0.15, 0.2) is 5.78 Å². The Morgan fingerprint density at radius 3 is 2.65 bits per heavy atom. The van der Waals surface area contributed by atoms with E-state index in [1.807, 2.05) is 13.2 Å². The van der Waals surface area contributed by atoms with Gasteiger partial charge in [0.2, 0.25) is 0 Å². The molecule has 0 saturated heterocycles. The Bertz CT molecular complexity index is 921. The number of fused-ring (bicyclic) bond motifs is 5. The molecule has 0 heterocycles. The minimum Gasteiger partial charge on any atom is -0.397 e. The Morgan fingerprint density at radius 2 is 1.85 bits per heavy atom. The number of methoxy groups -OCH3 is 1. The van der Waals surface area contributed by atoms with Crippen molar-refractivity contribution in [2.45, 2.75) is 71.6 Å². The summed E-state index contributed by atoms with van der Waals surface area (Å²) in [5.41, 5.74) is 8.12. The number of hydrogen-bond acceptors (Lipinski definition) is 4. The molecule has 0 spiro atoms. The number of rotatable bonds is 6. The van der Waals surface area contributed by atoms with Gasteiger partial charge in [0.25, 0.3) is 0 Å². The number of Topliss-reactive ketones (excluding diaryl/α,β-unsaturated/α-hetero) is 1. The van der Waals surface area contributed by atoms with E-state index < -0.39 is 0 Å². The van der Waals surface area contributed by atoms with E-state index >= 15 is 0 Å². The number of nitrogen functional groups attached to an aromatic ring is 1. The highest BCUT2D eigenvalue weighted by Gasteiger charge is 2.61. The number of halogens is 1. The smallest absolute Gasteiger partial charge is 0.155 e. The number of hydrogen-bond donors (Lipinski definition) is 2. The molecule has 1 aromatic rings. The maximum atomic E-state index is 13.5. The fourth-order valence-electron chi connectivity index (χ4n) is 9.25. The normalized spacial score (nSPS) is 41.3. The summed E-state index contributed by atoms with van der Waals surface area (Å²) in [5.74, 6) is 4.46. The third kappa shape index (κ3) is 4.07. The Kier molecular flexibility index (Phi) is 6.70. The number of carbonyl (C=O) groups excluding carboxylic acids is 1. The molecule has 0 amide bonds. The van der Waals surface area contributed by atoms with Gasteiger partial charge in [-0.3, -0.25) is 4.79 Å². The molecule has 34 heavy (non-hydrogen) atoms. The molecule has 4 aliphatic rings. The quantitative estimate of drug-likeness (QED) is 0.433. The molecule has 0 bridgehead atoms. The predicted molar refractivity (Wildman–Crippen MR) is 140 cm³/mol. The maximum Gasteiger partial charge on any atom is 0.155 e. The molecule has 0 radical (unpaired) electrons. The van der Waals surface area contributed by atoms with Crippen LogP contribution in [-0.2, 0) is 9.53 Å². The molecule has 4 saturated carbocycles. The average Bonchev–Trinajstić information content (AvgIpc) is 3.17. The number of nitrogens with two attached hydrogens (primary N) is 1. The van der Waals surface area contributed by atoms with E-state index in [0.717, 1.165) is 42.4 Å². The number of benzene rings is 1. The number of carbonyl (C=O) groups is 1. The summed E-state index contributed by atoms with van der Waals surface area (Å²) in [7, 11) is 1.85. The molecule has 3 N–H and O–H groups in total. The molecule has 8 atom stereocenters. The molecule has 4 nitrogen and oxygen atoms in total. The van der Waals surface area contributed by atoms with Crippen LogP contribution in [0.4, 0.5) is 11.4 Å². The second kappa shape index (κ2) is 9.32. The average molecular weight is 487 g/mol. The van der Waals surface area contributed by atoms with Crippen LogP contribution in [0.2, 0.25) is 5.02 Å². The lowest BCUT2D eigenvalue weighted by Gasteiger charge is -2.61. The van der Waals surface area contributed by atoms with Crippen LogP contribution >= 0.6 is 11.6 Å². The second-order valence-electron chi connectivity index (χ2n) is 12.5. The van der Waals surface area contributed by atoms with Gasteiger partial charge in [-0.15, -0.1) is 0 Å². The fourth-order valence-corrected chi connectivity index (χ4v) is 9.42. The van der Waals surface area contributed by atoms with Crippen molar-refractivity contribution in [1.82, 2.24) is 0 Å². The van der Waals surface area contributed by atoms with Gasteiger partial charge in [-0.1, -0.05) is 25.4 Å². The highest BCUT2D eigenvalue weighted by atomic mass is 35.5. The van der Waals surface area contributed by atoms with E-state index in [1.54, 1.807) is 12.1 Å². The van der Waals surface area contributed by atoms with Crippen molar-refractivity contribution in [3.63, 3.8) is 0 Å². The molecule has 0 aliphatic heterocycles. The largest absolute Gasteiger partial charge is 0.397 e. The van der Waals surface area contributed by atoms with Gasteiger partial charge in [-0.05, 0) is 116 Å².